The van der Waals surface area contributed by atoms with E-state index in [1.807, 2.05) is 0 Å². The van der Waals surface area contributed by atoms with Crippen LogP contribution in [0.15, 0.2) is 18.2 Å². The summed E-state index contributed by atoms with van der Waals surface area (Å²) in [5.74, 6) is -0.665. The van der Waals surface area contributed by atoms with Crippen molar-refractivity contribution in [1.29, 1.82) is 0 Å². The lowest BCUT2D eigenvalue weighted by Gasteiger charge is -2.15. The molecule has 1 aromatic carbocycles. The number of carbonyl (C=O) groups is 2. The summed E-state index contributed by atoms with van der Waals surface area (Å²) in [5.41, 5.74) is -0.000622. The SMILES string of the molecule is COC(=O)C1(c2cccc(C(C)=O)c2O)CC1. The number of aromatic hydroxyl groups is 1. The van der Waals surface area contributed by atoms with Gasteiger partial charge in [0.25, 0.3) is 0 Å². The minimum atomic E-state index is -0.746. The molecule has 0 radical (unpaired) electrons. The molecule has 0 spiro atoms. The van der Waals surface area contributed by atoms with Crippen molar-refractivity contribution >= 4 is 11.8 Å². The number of Topliss-reactive ketones (excluding diaryl/α,β-unsaturated/α-hetero) is 1. The van der Waals surface area contributed by atoms with Crippen molar-refractivity contribution in [2.45, 2.75) is 25.2 Å². The highest BCUT2D eigenvalue weighted by atomic mass is 16.5. The van der Waals surface area contributed by atoms with Crippen molar-refractivity contribution in [3.8, 4) is 5.75 Å². The molecule has 17 heavy (non-hydrogen) atoms. The van der Waals surface area contributed by atoms with Crippen LogP contribution in [-0.4, -0.2) is 24.0 Å². The molecule has 0 bridgehead atoms. The predicted molar refractivity (Wildman–Crippen MR) is 61.0 cm³/mol. The first-order valence-electron chi connectivity index (χ1n) is 5.45. The van der Waals surface area contributed by atoms with Crippen LogP contribution in [0.5, 0.6) is 5.75 Å². The van der Waals surface area contributed by atoms with Crippen LogP contribution in [0.4, 0.5) is 0 Å². The van der Waals surface area contributed by atoms with E-state index in [-0.39, 0.29) is 23.1 Å². The fourth-order valence-corrected chi connectivity index (χ4v) is 2.12. The summed E-state index contributed by atoms with van der Waals surface area (Å²) in [6.07, 6.45) is 1.29. The molecule has 1 aliphatic carbocycles. The highest BCUT2D eigenvalue weighted by Gasteiger charge is 2.54. The number of esters is 1. The molecule has 1 saturated carbocycles. The fraction of sp³-hybridized carbons (Fsp3) is 0.385. The Labute approximate surface area is 99.2 Å². The minimum absolute atomic E-state index is 0.0945. The topological polar surface area (TPSA) is 63.6 Å². The van der Waals surface area contributed by atoms with Gasteiger partial charge in [-0.1, -0.05) is 12.1 Å². The molecule has 1 aliphatic rings. The van der Waals surface area contributed by atoms with Gasteiger partial charge in [0.1, 0.15) is 5.75 Å². The van der Waals surface area contributed by atoms with Crippen molar-refractivity contribution in [1.82, 2.24) is 0 Å². The molecular formula is C13H14O4. The zero-order valence-electron chi connectivity index (χ0n) is 9.82. The molecule has 1 fully saturated rings. The fourth-order valence-electron chi connectivity index (χ4n) is 2.12. The molecule has 0 saturated heterocycles. The predicted octanol–water partition coefficient (Wildman–Crippen LogP) is 1.80. The van der Waals surface area contributed by atoms with E-state index in [1.165, 1.54) is 14.0 Å². The van der Waals surface area contributed by atoms with E-state index in [0.29, 0.717) is 18.4 Å². The number of carbonyl (C=O) groups excluding carboxylic acids is 2. The molecule has 90 valence electrons. The van der Waals surface area contributed by atoms with Crippen LogP contribution in [0.1, 0.15) is 35.7 Å². The molecule has 1 aromatic rings. The Hall–Kier alpha value is -1.84. The average molecular weight is 234 g/mol. The summed E-state index contributed by atoms with van der Waals surface area (Å²) in [4.78, 5) is 23.0. The van der Waals surface area contributed by atoms with Crippen molar-refractivity contribution < 1.29 is 19.4 Å². The second-order valence-electron chi connectivity index (χ2n) is 4.33. The third-order valence-electron chi connectivity index (χ3n) is 3.26. The normalized spacial score (nSPS) is 16.4. The molecule has 0 aromatic heterocycles. The summed E-state index contributed by atoms with van der Waals surface area (Å²) < 4.78 is 4.75. The number of para-hydroxylation sites is 1. The maximum absolute atomic E-state index is 11.7. The largest absolute Gasteiger partial charge is 0.507 e. The van der Waals surface area contributed by atoms with Gasteiger partial charge < -0.3 is 9.84 Å². The summed E-state index contributed by atoms with van der Waals surface area (Å²) in [7, 11) is 1.33. The molecular weight excluding hydrogens is 220 g/mol. The van der Waals surface area contributed by atoms with Gasteiger partial charge in [-0.05, 0) is 25.8 Å². The number of phenols is 1. The van der Waals surface area contributed by atoms with Crippen LogP contribution in [0.3, 0.4) is 0 Å². The highest BCUT2D eigenvalue weighted by Crippen LogP contribution is 2.52. The number of rotatable bonds is 3. The molecule has 4 nitrogen and oxygen atoms in total. The van der Waals surface area contributed by atoms with E-state index in [9.17, 15) is 14.7 Å². The van der Waals surface area contributed by atoms with Crippen LogP contribution in [0.25, 0.3) is 0 Å². The highest BCUT2D eigenvalue weighted by molar-refractivity contribution is 5.98. The first-order chi connectivity index (χ1) is 8.03. The minimum Gasteiger partial charge on any atom is -0.507 e. The van der Waals surface area contributed by atoms with Gasteiger partial charge >= 0.3 is 5.97 Å². The van der Waals surface area contributed by atoms with E-state index < -0.39 is 5.41 Å². The third kappa shape index (κ3) is 1.69. The summed E-state index contributed by atoms with van der Waals surface area (Å²) in [5, 5.41) is 10.1. The maximum Gasteiger partial charge on any atom is 0.316 e. The lowest BCUT2D eigenvalue weighted by molar-refractivity contribution is -0.143. The molecule has 0 amide bonds. The lowest BCUT2D eigenvalue weighted by atomic mass is 9.92. The number of ether oxygens (including phenoxy) is 1. The molecule has 0 heterocycles. The van der Waals surface area contributed by atoms with Crippen LogP contribution < -0.4 is 0 Å². The van der Waals surface area contributed by atoms with Gasteiger partial charge in [-0.3, -0.25) is 9.59 Å². The monoisotopic (exact) mass is 234 g/mol. The van der Waals surface area contributed by atoms with Crippen LogP contribution in [0.2, 0.25) is 0 Å². The molecule has 4 heteroatoms. The van der Waals surface area contributed by atoms with E-state index in [1.54, 1.807) is 18.2 Å². The smallest absolute Gasteiger partial charge is 0.316 e. The zero-order chi connectivity index (χ0) is 12.6. The van der Waals surface area contributed by atoms with Gasteiger partial charge in [-0.25, -0.2) is 0 Å². The molecule has 2 rings (SSSR count). The number of benzene rings is 1. The number of methoxy groups -OCH3 is 1. The van der Waals surface area contributed by atoms with Gasteiger partial charge in [0, 0.05) is 5.56 Å². The Bertz CT molecular complexity index is 486. The first kappa shape index (κ1) is 11.6. The Morgan fingerprint density at radius 2 is 2.00 bits per heavy atom. The quantitative estimate of drug-likeness (QED) is 0.639. The zero-order valence-corrected chi connectivity index (χ0v) is 9.82. The van der Waals surface area contributed by atoms with Crippen molar-refractivity contribution in [3.63, 3.8) is 0 Å². The van der Waals surface area contributed by atoms with E-state index >= 15 is 0 Å². The van der Waals surface area contributed by atoms with Gasteiger partial charge in [0.2, 0.25) is 0 Å². The van der Waals surface area contributed by atoms with Gasteiger partial charge in [-0.15, -0.1) is 0 Å². The summed E-state index contributed by atoms with van der Waals surface area (Å²) in [6.45, 7) is 1.39. The van der Waals surface area contributed by atoms with E-state index in [0.717, 1.165) is 0 Å². The Morgan fingerprint density at radius 3 is 2.47 bits per heavy atom. The second-order valence-corrected chi connectivity index (χ2v) is 4.33. The van der Waals surface area contributed by atoms with Crippen LogP contribution >= 0.6 is 0 Å². The number of hydrogen-bond donors (Lipinski definition) is 1. The van der Waals surface area contributed by atoms with Crippen LogP contribution in [0, 0.1) is 0 Å². The second kappa shape index (κ2) is 3.87. The number of ketones is 1. The standard InChI is InChI=1S/C13H14O4/c1-8(14)9-4-3-5-10(11(9)15)13(6-7-13)12(16)17-2/h3-5,15H,6-7H2,1-2H3. The Morgan fingerprint density at radius 1 is 1.35 bits per heavy atom. The van der Waals surface area contributed by atoms with Gasteiger partial charge in [-0.2, -0.15) is 0 Å². The number of phenolic OH excluding ortho intramolecular Hbond substituents is 1. The lowest BCUT2D eigenvalue weighted by Crippen LogP contribution is -2.22. The molecule has 1 N–H and O–H groups in total. The van der Waals surface area contributed by atoms with Crippen molar-refractivity contribution in [2.75, 3.05) is 7.11 Å². The average Bonchev–Trinajstić information content (AvgIpc) is 3.09. The molecule has 0 unspecified atom stereocenters. The number of hydrogen-bond acceptors (Lipinski definition) is 4. The molecule has 0 atom stereocenters. The van der Waals surface area contributed by atoms with E-state index in [2.05, 4.69) is 0 Å². The van der Waals surface area contributed by atoms with Gasteiger partial charge in [0.15, 0.2) is 5.78 Å². The van der Waals surface area contributed by atoms with Crippen molar-refractivity contribution in [2.24, 2.45) is 0 Å². The van der Waals surface area contributed by atoms with Gasteiger partial charge in [0.05, 0.1) is 18.1 Å². The van der Waals surface area contributed by atoms with Crippen molar-refractivity contribution in [3.05, 3.63) is 29.3 Å². The Kier molecular flexibility index (Phi) is 2.65. The first-order valence-corrected chi connectivity index (χ1v) is 5.45. The third-order valence-corrected chi connectivity index (χ3v) is 3.26. The van der Waals surface area contributed by atoms with E-state index in [4.69, 9.17) is 4.74 Å². The molecule has 0 aliphatic heterocycles. The summed E-state index contributed by atoms with van der Waals surface area (Å²) in [6, 6.07) is 4.90. The maximum atomic E-state index is 11.7. The Balaban J connectivity index is 2.51. The van der Waals surface area contributed by atoms with Crippen LogP contribution in [-0.2, 0) is 14.9 Å². The summed E-state index contributed by atoms with van der Waals surface area (Å²) >= 11 is 0.